The van der Waals surface area contributed by atoms with Gasteiger partial charge in [0, 0.05) is 12.0 Å². The number of hydrogen-bond donors (Lipinski definition) is 1. The van der Waals surface area contributed by atoms with E-state index in [2.05, 4.69) is 5.32 Å². The van der Waals surface area contributed by atoms with E-state index in [1.807, 2.05) is 38.1 Å². The minimum absolute atomic E-state index is 0.0383. The van der Waals surface area contributed by atoms with Crippen molar-refractivity contribution in [3.05, 3.63) is 29.8 Å². The maximum atomic E-state index is 11.6. The van der Waals surface area contributed by atoms with Crippen LogP contribution >= 0.6 is 0 Å². The van der Waals surface area contributed by atoms with E-state index < -0.39 is 5.92 Å². The number of carbonyl (C=O) groups excluding carboxylic acids is 2. The maximum Gasteiger partial charge on any atom is 0.234 e. The van der Waals surface area contributed by atoms with Crippen LogP contribution in [0.5, 0.6) is 5.75 Å². The molecule has 1 heterocycles. The molecule has 0 saturated carbocycles. The first kappa shape index (κ1) is 11.6. The number of nitrogens with one attached hydrogen (secondary N) is 1. The van der Waals surface area contributed by atoms with Gasteiger partial charge in [0.25, 0.3) is 0 Å². The van der Waals surface area contributed by atoms with Crippen LogP contribution in [0.2, 0.25) is 0 Å². The molecule has 0 spiro atoms. The Hall–Kier alpha value is -1.84. The van der Waals surface area contributed by atoms with Gasteiger partial charge in [-0.05, 0) is 19.9 Å². The van der Waals surface area contributed by atoms with E-state index in [0.29, 0.717) is 5.75 Å². The maximum absolute atomic E-state index is 11.6. The van der Waals surface area contributed by atoms with Gasteiger partial charge in [-0.25, -0.2) is 0 Å². The first-order valence-electron chi connectivity index (χ1n) is 5.67. The van der Waals surface area contributed by atoms with Crippen LogP contribution in [0.1, 0.15) is 31.7 Å². The summed E-state index contributed by atoms with van der Waals surface area (Å²) in [6, 6.07) is 7.36. The Labute approximate surface area is 100.0 Å². The molecule has 0 bridgehead atoms. The highest BCUT2D eigenvalue weighted by atomic mass is 16.5. The molecule has 90 valence electrons. The molecule has 0 radical (unpaired) electrons. The molecule has 1 atom stereocenters. The van der Waals surface area contributed by atoms with Crippen molar-refractivity contribution >= 4 is 11.8 Å². The van der Waals surface area contributed by atoms with Crippen molar-refractivity contribution < 1.29 is 14.3 Å². The molecule has 4 nitrogen and oxygen atoms in total. The van der Waals surface area contributed by atoms with Crippen molar-refractivity contribution in [1.82, 2.24) is 5.32 Å². The van der Waals surface area contributed by atoms with Crippen molar-refractivity contribution in [2.24, 2.45) is 0 Å². The summed E-state index contributed by atoms with van der Waals surface area (Å²) in [7, 11) is 0. The minimum Gasteiger partial charge on any atom is -0.491 e. The fraction of sp³-hybridized carbons (Fsp3) is 0.385. The number of para-hydroxylation sites is 1. The lowest BCUT2D eigenvalue weighted by molar-refractivity contribution is -0.125. The Balaban J connectivity index is 2.31. The third kappa shape index (κ3) is 2.46. The highest BCUT2D eigenvalue weighted by molar-refractivity contribution is 6.06. The van der Waals surface area contributed by atoms with Crippen LogP contribution in [0.3, 0.4) is 0 Å². The number of hydrogen-bond acceptors (Lipinski definition) is 3. The van der Waals surface area contributed by atoms with Gasteiger partial charge in [-0.15, -0.1) is 0 Å². The average molecular weight is 233 g/mol. The van der Waals surface area contributed by atoms with Gasteiger partial charge in [-0.1, -0.05) is 18.2 Å². The molecule has 2 rings (SSSR count). The molecule has 17 heavy (non-hydrogen) atoms. The lowest BCUT2D eigenvalue weighted by Gasteiger charge is -2.16. The molecular weight excluding hydrogens is 218 g/mol. The Morgan fingerprint density at radius 1 is 1.29 bits per heavy atom. The summed E-state index contributed by atoms with van der Waals surface area (Å²) in [6.07, 6.45) is 0.244. The van der Waals surface area contributed by atoms with Crippen molar-refractivity contribution in [1.29, 1.82) is 0 Å². The quantitative estimate of drug-likeness (QED) is 0.807. The van der Waals surface area contributed by atoms with Crippen LogP contribution in [0.4, 0.5) is 0 Å². The fourth-order valence-electron chi connectivity index (χ4n) is 1.93. The van der Waals surface area contributed by atoms with Gasteiger partial charge in [0.1, 0.15) is 5.75 Å². The first-order valence-corrected chi connectivity index (χ1v) is 5.67. The molecule has 1 aromatic rings. The molecule has 1 saturated heterocycles. The molecule has 0 aromatic heterocycles. The SMILES string of the molecule is CC(C)Oc1ccccc1[C@H]1CC(=O)NC1=O. The molecule has 1 aliphatic rings. The van der Waals surface area contributed by atoms with Crippen molar-refractivity contribution in [2.45, 2.75) is 32.3 Å². The Morgan fingerprint density at radius 2 is 2.00 bits per heavy atom. The molecule has 4 heteroatoms. The summed E-state index contributed by atoms with van der Waals surface area (Å²) < 4.78 is 5.65. The summed E-state index contributed by atoms with van der Waals surface area (Å²) in [5, 5.41) is 2.31. The topological polar surface area (TPSA) is 55.4 Å². The van der Waals surface area contributed by atoms with E-state index in [4.69, 9.17) is 4.74 Å². The summed E-state index contributed by atoms with van der Waals surface area (Å²) in [5.41, 5.74) is 0.782. The third-order valence-electron chi connectivity index (χ3n) is 2.63. The standard InChI is InChI=1S/C13H15NO3/c1-8(2)17-11-6-4-3-5-9(11)10-7-12(15)14-13(10)16/h3-6,8,10H,7H2,1-2H3,(H,14,15,16)/t10-/m1/s1. The second-order valence-corrected chi connectivity index (χ2v) is 4.37. The molecule has 2 amide bonds. The van der Waals surface area contributed by atoms with E-state index in [9.17, 15) is 9.59 Å². The molecular formula is C13H15NO3. The Kier molecular flexibility index (Phi) is 3.13. The smallest absolute Gasteiger partial charge is 0.234 e. The second kappa shape index (κ2) is 4.57. The highest BCUT2D eigenvalue weighted by Crippen LogP contribution is 2.32. The van der Waals surface area contributed by atoms with Gasteiger partial charge >= 0.3 is 0 Å². The molecule has 1 aromatic carbocycles. The zero-order valence-electron chi connectivity index (χ0n) is 9.90. The van der Waals surface area contributed by atoms with Gasteiger partial charge in [0.05, 0.1) is 12.0 Å². The predicted molar refractivity (Wildman–Crippen MR) is 62.7 cm³/mol. The number of ether oxygens (including phenoxy) is 1. The molecule has 1 fully saturated rings. The lowest BCUT2D eigenvalue weighted by Crippen LogP contribution is -2.21. The monoisotopic (exact) mass is 233 g/mol. The van der Waals surface area contributed by atoms with Crippen molar-refractivity contribution in [3.8, 4) is 5.75 Å². The van der Waals surface area contributed by atoms with E-state index >= 15 is 0 Å². The van der Waals surface area contributed by atoms with E-state index in [1.54, 1.807) is 0 Å². The van der Waals surface area contributed by atoms with Crippen LogP contribution in [-0.2, 0) is 9.59 Å². The zero-order valence-corrected chi connectivity index (χ0v) is 9.90. The molecule has 0 unspecified atom stereocenters. The largest absolute Gasteiger partial charge is 0.491 e. The van der Waals surface area contributed by atoms with Crippen LogP contribution in [0, 0.1) is 0 Å². The number of carbonyl (C=O) groups is 2. The van der Waals surface area contributed by atoms with E-state index in [1.165, 1.54) is 0 Å². The lowest BCUT2D eigenvalue weighted by atomic mass is 9.96. The Morgan fingerprint density at radius 3 is 2.59 bits per heavy atom. The van der Waals surface area contributed by atoms with Crippen molar-refractivity contribution in [2.75, 3.05) is 0 Å². The fourth-order valence-corrected chi connectivity index (χ4v) is 1.93. The number of amides is 2. The van der Waals surface area contributed by atoms with Crippen LogP contribution in [-0.4, -0.2) is 17.9 Å². The van der Waals surface area contributed by atoms with Gasteiger partial charge in [0.2, 0.25) is 11.8 Å². The number of benzene rings is 1. The first-order chi connectivity index (χ1) is 8.08. The summed E-state index contributed by atoms with van der Waals surface area (Å²) >= 11 is 0. The molecule has 1 aliphatic heterocycles. The number of imide groups is 1. The second-order valence-electron chi connectivity index (χ2n) is 4.37. The van der Waals surface area contributed by atoms with Gasteiger partial charge < -0.3 is 4.74 Å². The van der Waals surface area contributed by atoms with Crippen molar-refractivity contribution in [3.63, 3.8) is 0 Å². The zero-order chi connectivity index (χ0) is 12.4. The van der Waals surface area contributed by atoms with Gasteiger partial charge in [0.15, 0.2) is 0 Å². The predicted octanol–water partition coefficient (Wildman–Crippen LogP) is 1.60. The Bertz CT molecular complexity index is 454. The summed E-state index contributed by atoms with van der Waals surface area (Å²) in [4.78, 5) is 22.8. The molecule has 1 N–H and O–H groups in total. The van der Waals surface area contributed by atoms with Crippen LogP contribution < -0.4 is 10.1 Å². The minimum atomic E-state index is -0.419. The third-order valence-corrected chi connectivity index (χ3v) is 2.63. The number of rotatable bonds is 3. The van der Waals surface area contributed by atoms with Crippen LogP contribution in [0.25, 0.3) is 0 Å². The molecule has 0 aliphatic carbocycles. The average Bonchev–Trinajstić information content (AvgIpc) is 2.58. The summed E-state index contributed by atoms with van der Waals surface area (Å²) in [6.45, 7) is 3.85. The normalized spacial score (nSPS) is 19.6. The van der Waals surface area contributed by atoms with E-state index in [0.717, 1.165) is 5.56 Å². The van der Waals surface area contributed by atoms with Crippen LogP contribution in [0.15, 0.2) is 24.3 Å². The van der Waals surface area contributed by atoms with Gasteiger partial charge in [-0.2, -0.15) is 0 Å². The summed E-state index contributed by atoms with van der Waals surface area (Å²) in [5.74, 6) is -0.205. The van der Waals surface area contributed by atoms with Gasteiger partial charge in [-0.3, -0.25) is 14.9 Å². The van der Waals surface area contributed by atoms with E-state index in [-0.39, 0.29) is 24.3 Å². The highest BCUT2D eigenvalue weighted by Gasteiger charge is 2.33.